The lowest BCUT2D eigenvalue weighted by Crippen LogP contribution is -2.33. The number of hydrogen-bond donors (Lipinski definition) is 1. The molecule has 8 heteroatoms. The number of carbonyl (C=O) groups is 1. The second-order valence-electron chi connectivity index (χ2n) is 4.48. The second-order valence-corrected chi connectivity index (χ2v) is 4.48. The zero-order valence-corrected chi connectivity index (χ0v) is 11.3. The SMILES string of the molecule is COCCN1C(=O)CNC1c1ccc(OC(F)(F)F)cc1. The lowest BCUT2D eigenvalue weighted by molar-refractivity contribution is -0.274. The normalized spacial score (nSPS) is 19.1. The Morgan fingerprint density at radius 1 is 1.33 bits per heavy atom. The number of ether oxygens (including phenoxy) is 2. The molecule has 1 amide bonds. The lowest BCUT2D eigenvalue weighted by atomic mass is 10.1. The smallest absolute Gasteiger partial charge is 0.406 e. The van der Waals surface area contributed by atoms with E-state index >= 15 is 0 Å². The van der Waals surface area contributed by atoms with Crippen LogP contribution in [0.2, 0.25) is 0 Å². The van der Waals surface area contributed by atoms with Gasteiger partial charge in [0, 0.05) is 13.7 Å². The minimum atomic E-state index is -4.71. The fraction of sp³-hybridized carbons (Fsp3) is 0.462. The van der Waals surface area contributed by atoms with Crippen molar-refractivity contribution in [2.24, 2.45) is 0 Å². The van der Waals surface area contributed by atoms with Gasteiger partial charge in [0.25, 0.3) is 0 Å². The summed E-state index contributed by atoms with van der Waals surface area (Å²) in [6.07, 6.45) is -5.08. The predicted molar refractivity (Wildman–Crippen MR) is 67.5 cm³/mol. The van der Waals surface area contributed by atoms with Crippen LogP contribution in [-0.2, 0) is 9.53 Å². The molecule has 1 aliphatic rings. The zero-order chi connectivity index (χ0) is 15.5. The third-order valence-corrected chi connectivity index (χ3v) is 3.04. The summed E-state index contributed by atoms with van der Waals surface area (Å²) in [4.78, 5) is 13.3. The van der Waals surface area contributed by atoms with E-state index in [1.807, 2.05) is 0 Å². The Morgan fingerprint density at radius 2 is 2.00 bits per heavy atom. The van der Waals surface area contributed by atoms with Gasteiger partial charge in [0.2, 0.25) is 5.91 Å². The molecule has 1 saturated heterocycles. The molecule has 2 rings (SSSR count). The molecular weight excluding hydrogens is 289 g/mol. The number of alkyl halides is 3. The van der Waals surface area contributed by atoms with Crippen LogP contribution in [0.5, 0.6) is 5.75 Å². The van der Waals surface area contributed by atoms with Crippen LogP contribution in [0.4, 0.5) is 13.2 Å². The molecule has 1 N–H and O–H groups in total. The summed E-state index contributed by atoms with van der Waals surface area (Å²) in [6.45, 7) is 0.988. The highest BCUT2D eigenvalue weighted by molar-refractivity contribution is 5.80. The second kappa shape index (κ2) is 6.31. The maximum absolute atomic E-state index is 12.1. The number of rotatable bonds is 5. The number of halogens is 3. The van der Waals surface area contributed by atoms with Gasteiger partial charge in [-0.05, 0) is 17.7 Å². The molecule has 1 heterocycles. The first kappa shape index (κ1) is 15.6. The molecule has 0 bridgehead atoms. The Bertz CT molecular complexity index is 490. The summed E-state index contributed by atoms with van der Waals surface area (Å²) in [7, 11) is 1.53. The molecule has 1 fully saturated rings. The van der Waals surface area contributed by atoms with E-state index in [1.165, 1.54) is 31.4 Å². The van der Waals surface area contributed by atoms with E-state index in [4.69, 9.17) is 4.74 Å². The van der Waals surface area contributed by atoms with Gasteiger partial charge in [-0.3, -0.25) is 10.1 Å². The van der Waals surface area contributed by atoms with Crippen LogP contribution in [0.25, 0.3) is 0 Å². The summed E-state index contributed by atoms with van der Waals surface area (Å²) in [5.41, 5.74) is 0.687. The summed E-state index contributed by atoms with van der Waals surface area (Å²) >= 11 is 0. The Labute approximate surface area is 119 Å². The number of nitrogens with zero attached hydrogens (tertiary/aromatic N) is 1. The summed E-state index contributed by atoms with van der Waals surface area (Å²) < 4.78 is 45.0. The van der Waals surface area contributed by atoms with E-state index in [2.05, 4.69) is 10.1 Å². The van der Waals surface area contributed by atoms with Crippen LogP contribution in [0.1, 0.15) is 11.7 Å². The van der Waals surface area contributed by atoms with Gasteiger partial charge in [-0.25, -0.2) is 0 Å². The number of hydrogen-bond acceptors (Lipinski definition) is 4. The van der Waals surface area contributed by atoms with Crippen molar-refractivity contribution in [3.63, 3.8) is 0 Å². The standard InChI is InChI=1S/C13H15F3N2O3/c1-20-7-6-18-11(19)8-17-12(18)9-2-4-10(5-3-9)21-13(14,15)16/h2-5,12,17H,6-8H2,1H3. The van der Waals surface area contributed by atoms with Crippen molar-refractivity contribution in [3.05, 3.63) is 29.8 Å². The van der Waals surface area contributed by atoms with Crippen molar-refractivity contribution in [3.8, 4) is 5.75 Å². The first-order chi connectivity index (χ1) is 9.90. The number of nitrogens with one attached hydrogen (secondary N) is 1. The third-order valence-electron chi connectivity index (χ3n) is 3.04. The molecule has 1 aromatic carbocycles. The fourth-order valence-corrected chi connectivity index (χ4v) is 2.13. The van der Waals surface area contributed by atoms with Gasteiger partial charge in [0.05, 0.1) is 13.2 Å². The topological polar surface area (TPSA) is 50.8 Å². The number of benzene rings is 1. The predicted octanol–water partition coefficient (Wildman–Crippen LogP) is 1.66. The lowest BCUT2D eigenvalue weighted by Gasteiger charge is -2.24. The molecule has 1 atom stereocenters. The number of amides is 1. The van der Waals surface area contributed by atoms with Gasteiger partial charge in [0.1, 0.15) is 11.9 Å². The van der Waals surface area contributed by atoms with E-state index in [1.54, 1.807) is 4.90 Å². The Hall–Kier alpha value is -1.80. The van der Waals surface area contributed by atoms with Gasteiger partial charge in [-0.2, -0.15) is 0 Å². The van der Waals surface area contributed by atoms with Gasteiger partial charge >= 0.3 is 6.36 Å². The van der Waals surface area contributed by atoms with Crippen molar-refractivity contribution in [1.82, 2.24) is 10.2 Å². The first-order valence-electron chi connectivity index (χ1n) is 6.28. The van der Waals surface area contributed by atoms with Gasteiger partial charge in [-0.1, -0.05) is 12.1 Å². The van der Waals surface area contributed by atoms with E-state index in [0.29, 0.717) is 18.7 Å². The molecule has 0 radical (unpaired) electrons. The maximum atomic E-state index is 12.1. The minimum Gasteiger partial charge on any atom is -0.406 e. The summed E-state index contributed by atoms with van der Waals surface area (Å²) in [5.74, 6) is -0.369. The van der Waals surface area contributed by atoms with Crippen LogP contribution in [-0.4, -0.2) is 44.0 Å². The van der Waals surface area contributed by atoms with Crippen LogP contribution in [0.3, 0.4) is 0 Å². The summed E-state index contributed by atoms with van der Waals surface area (Å²) in [5, 5.41) is 3.01. The monoisotopic (exact) mass is 304 g/mol. The molecule has 0 aliphatic carbocycles. The molecule has 5 nitrogen and oxygen atoms in total. The fourth-order valence-electron chi connectivity index (χ4n) is 2.13. The largest absolute Gasteiger partial charge is 0.573 e. The Balaban J connectivity index is 2.08. The van der Waals surface area contributed by atoms with Gasteiger partial charge in [0.15, 0.2) is 0 Å². The molecule has 0 aromatic heterocycles. The zero-order valence-electron chi connectivity index (χ0n) is 11.3. The average molecular weight is 304 g/mol. The van der Waals surface area contributed by atoms with E-state index in [-0.39, 0.29) is 24.4 Å². The van der Waals surface area contributed by atoms with E-state index < -0.39 is 6.36 Å². The quantitative estimate of drug-likeness (QED) is 0.899. The minimum absolute atomic E-state index is 0.0762. The Morgan fingerprint density at radius 3 is 2.57 bits per heavy atom. The van der Waals surface area contributed by atoms with E-state index in [0.717, 1.165) is 0 Å². The molecule has 1 aromatic rings. The third kappa shape index (κ3) is 4.08. The van der Waals surface area contributed by atoms with Crippen molar-refractivity contribution >= 4 is 5.91 Å². The van der Waals surface area contributed by atoms with E-state index in [9.17, 15) is 18.0 Å². The van der Waals surface area contributed by atoms with Crippen LogP contribution >= 0.6 is 0 Å². The molecular formula is C13H15F3N2O3. The molecule has 116 valence electrons. The molecule has 1 aliphatic heterocycles. The molecule has 0 spiro atoms. The van der Waals surface area contributed by atoms with Gasteiger partial charge in [-0.15, -0.1) is 13.2 Å². The number of methoxy groups -OCH3 is 1. The molecule has 1 unspecified atom stereocenters. The number of carbonyl (C=O) groups excluding carboxylic acids is 1. The van der Waals surface area contributed by atoms with Gasteiger partial charge < -0.3 is 14.4 Å². The Kier molecular flexibility index (Phi) is 4.69. The average Bonchev–Trinajstić information content (AvgIpc) is 2.77. The summed E-state index contributed by atoms with van der Waals surface area (Å²) in [6, 6.07) is 5.44. The highest BCUT2D eigenvalue weighted by Gasteiger charge is 2.33. The molecule has 0 saturated carbocycles. The van der Waals surface area contributed by atoms with Crippen molar-refractivity contribution in [2.75, 3.05) is 26.8 Å². The highest BCUT2D eigenvalue weighted by Crippen LogP contribution is 2.27. The van der Waals surface area contributed by atoms with Crippen molar-refractivity contribution in [2.45, 2.75) is 12.5 Å². The maximum Gasteiger partial charge on any atom is 0.573 e. The van der Waals surface area contributed by atoms with Crippen molar-refractivity contribution < 1.29 is 27.4 Å². The van der Waals surface area contributed by atoms with Crippen LogP contribution in [0.15, 0.2) is 24.3 Å². The first-order valence-corrected chi connectivity index (χ1v) is 6.28. The molecule has 21 heavy (non-hydrogen) atoms. The highest BCUT2D eigenvalue weighted by atomic mass is 19.4. The van der Waals surface area contributed by atoms with Crippen LogP contribution in [0, 0.1) is 0 Å². The van der Waals surface area contributed by atoms with Crippen LogP contribution < -0.4 is 10.1 Å². The van der Waals surface area contributed by atoms with Crippen molar-refractivity contribution in [1.29, 1.82) is 0 Å².